The fraction of sp³-hybridized carbons (Fsp3) is 1.00. The second-order valence-corrected chi connectivity index (χ2v) is 4.90. The van der Waals surface area contributed by atoms with Gasteiger partial charge in [0.05, 0.1) is 6.10 Å². The lowest BCUT2D eigenvalue weighted by Crippen LogP contribution is -2.47. The summed E-state index contributed by atoms with van der Waals surface area (Å²) in [5.41, 5.74) is 0.467. The standard InChI is InChI=1S/C12H23NO/c1-3-13-9-12(11-5-4-6-11)7-8-14-10(12)2/h10-11,13H,3-9H2,1-2H3. The number of hydrogen-bond donors (Lipinski definition) is 1. The van der Waals surface area contributed by atoms with Crippen LogP contribution in [0.5, 0.6) is 0 Å². The third-order valence-corrected chi connectivity index (χ3v) is 4.37. The molecule has 2 atom stereocenters. The van der Waals surface area contributed by atoms with Crippen molar-refractivity contribution in [3.63, 3.8) is 0 Å². The summed E-state index contributed by atoms with van der Waals surface area (Å²) in [4.78, 5) is 0. The van der Waals surface area contributed by atoms with Crippen LogP contribution in [-0.2, 0) is 4.74 Å². The first-order valence-corrected chi connectivity index (χ1v) is 6.12. The van der Waals surface area contributed by atoms with Crippen LogP contribution < -0.4 is 5.32 Å². The van der Waals surface area contributed by atoms with E-state index >= 15 is 0 Å². The molecule has 2 aliphatic rings. The number of rotatable bonds is 4. The maximum Gasteiger partial charge on any atom is 0.0618 e. The average Bonchev–Trinajstić information content (AvgIpc) is 2.43. The van der Waals surface area contributed by atoms with E-state index in [4.69, 9.17) is 4.74 Å². The number of hydrogen-bond acceptors (Lipinski definition) is 2. The molecule has 1 N–H and O–H groups in total. The molecule has 1 heterocycles. The highest BCUT2D eigenvalue weighted by Crippen LogP contribution is 2.49. The number of nitrogens with one attached hydrogen (secondary N) is 1. The van der Waals surface area contributed by atoms with Gasteiger partial charge < -0.3 is 10.1 Å². The lowest BCUT2D eigenvalue weighted by molar-refractivity contribution is -0.0000965. The predicted molar refractivity (Wildman–Crippen MR) is 58.3 cm³/mol. The van der Waals surface area contributed by atoms with Gasteiger partial charge in [0.1, 0.15) is 0 Å². The fourth-order valence-electron chi connectivity index (χ4n) is 3.05. The van der Waals surface area contributed by atoms with E-state index in [2.05, 4.69) is 19.2 Å². The van der Waals surface area contributed by atoms with E-state index in [1.807, 2.05) is 0 Å². The Bertz CT molecular complexity index is 191. The summed E-state index contributed by atoms with van der Waals surface area (Å²) in [5, 5.41) is 3.53. The van der Waals surface area contributed by atoms with E-state index in [-0.39, 0.29) is 0 Å². The second-order valence-electron chi connectivity index (χ2n) is 4.90. The topological polar surface area (TPSA) is 21.3 Å². The molecule has 2 fully saturated rings. The number of ether oxygens (including phenoxy) is 1. The molecule has 2 nitrogen and oxygen atoms in total. The van der Waals surface area contributed by atoms with Gasteiger partial charge in [-0.05, 0) is 38.6 Å². The molecule has 2 unspecified atom stereocenters. The van der Waals surface area contributed by atoms with Crippen molar-refractivity contribution in [2.45, 2.75) is 45.6 Å². The van der Waals surface area contributed by atoms with Gasteiger partial charge in [-0.2, -0.15) is 0 Å². The summed E-state index contributed by atoms with van der Waals surface area (Å²) >= 11 is 0. The van der Waals surface area contributed by atoms with Crippen LogP contribution >= 0.6 is 0 Å². The van der Waals surface area contributed by atoms with Gasteiger partial charge in [0.15, 0.2) is 0 Å². The van der Waals surface area contributed by atoms with Crippen LogP contribution in [-0.4, -0.2) is 25.8 Å². The van der Waals surface area contributed by atoms with Gasteiger partial charge >= 0.3 is 0 Å². The maximum atomic E-state index is 5.78. The SMILES string of the molecule is CCNCC1(C2CCC2)CCOC1C. The smallest absolute Gasteiger partial charge is 0.0618 e. The predicted octanol–water partition coefficient (Wildman–Crippen LogP) is 2.19. The van der Waals surface area contributed by atoms with Crippen LogP contribution in [0.4, 0.5) is 0 Å². The van der Waals surface area contributed by atoms with Gasteiger partial charge in [0, 0.05) is 18.6 Å². The van der Waals surface area contributed by atoms with Crippen molar-refractivity contribution < 1.29 is 4.74 Å². The Balaban J connectivity index is 2.02. The Hall–Kier alpha value is -0.0800. The third-order valence-electron chi connectivity index (χ3n) is 4.37. The summed E-state index contributed by atoms with van der Waals surface area (Å²) in [5.74, 6) is 0.930. The molecule has 0 spiro atoms. The zero-order chi connectivity index (χ0) is 10.0. The molecular formula is C12H23NO. The molecule has 1 saturated heterocycles. The summed E-state index contributed by atoms with van der Waals surface area (Å²) in [6.07, 6.45) is 6.03. The zero-order valence-electron chi connectivity index (χ0n) is 9.51. The molecule has 82 valence electrons. The fourth-order valence-corrected chi connectivity index (χ4v) is 3.05. The van der Waals surface area contributed by atoms with Crippen molar-refractivity contribution in [3.05, 3.63) is 0 Å². The minimum atomic E-state index is 0.465. The highest BCUT2D eigenvalue weighted by Gasteiger charge is 2.48. The van der Waals surface area contributed by atoms with Gasteiger partial charge in [-0.25, -0.2) is 0 Å². The largest absolute Gasteiger partial charge is 0.378 e. The van der Waals surface area contributed by atoms with E-state index in [0.717, 1.165) is 25.6 Å². The van der Waals surface area contributed by atoms with Crippen LogP contribution in [0.3, 0.4) is 0 Å². The van der Waals surface area contributed by atoms with E-state index < -0.39 is 0 Å². The van der Waals surface area contributed by atoms with Crippen molar-refractivity contribution in [2.24, 2.45) is 11.3 Å². The van der Waals surface area contributed by atoms with E-state index in [0.29, 0.717) is 11.5 Å². The minimum Gasteiger partial charge on any atom is -0.378 e. The van der Waals surface area contributed by atoms with Crippen molar-refractivity contribution in [1.82, 2.24) is 5.32 Å². The van der Waals surface area contributed by atoms with Crippen LogP contribution in [0.15, 0.2) is 0 Å². The lowest BCUT2D eigenvalue weighted by Gasteiger charge is -2.45. The van der Waals surface area contributed by atoms with E-state index in [9.17, 15) is 0 Å². The van der Waals surface area contributed by atoms with Gasteiger partial charge in [0.25, 0.3) is 0 Å². The molecule has 0 bridgehead atoms. The molecule has 1 saturated carbocycles. The normalized spacial score (nSPS) is 38.6. The molecule has 2 heteroatoms. The first-order valence-electron chi connectivity index (χ1n) is 6.12. The Morgan fingerprint density at radius 1 is 1.43 bits per heavy atom. The summed E-state index contributed by atoms with van der Waals surface area (Å²) < 4.78 is 5.78. The highest BCUT2D eigenvalue weighted by molar-refractivity contribution is 4.99. The van der Waals surface area contributed by atoms with Crippen molar-refractivity contribution in [3.8, 4) is 0 Å². The Morgan fingerprint density at radius 3 is 2.64 bits per heavy atom. The molecule has 0 aromatic heterocycles. The van der Waals surface area contributed by atoms with E-state index in [1.54, 1.807) is 0 Å². The molecule has 14 heavy (non-hydrogen) atoms. The third kappa shape index (κ3) is 1.59. The van der Waals surface area contributed by atoms with Gasteiger partial charge in [-0.1, -0.05) is 13.3 Å². The van der Waals surface area contributed by atoms with Gasteiger partial charge in [-0.15, -0.1) is 0 Å². The molecule has 1 aliphatic heterocycles. The van der Waals surface area contributed by atoms with Crippen LogP contribution in [0, 0.1) is 11.3 Å². The quantitative estimate of drug-likeness (QED) is 0.746. The Labute approximate surface area is 87.4 Å². The molecular weight excluding hydrogens is 174 g/mol. The van der Waals surface area contributed by atoms with Gasteiger partial charge in [0.2, 0.25) is 0 Å². The summed E-state index contributed by atoms with van der Waals surface area (Å²) in [7, 11) is 0. The molecule has 0 radical (unpaired) electrons. The Morgan fingerprint density at radius 2 is 2.21 bits per heavy atom. The van der Waals surface area contributed by atoms with Crippen LogP contribution in [0.2, 0.25) is 0 Å². The lowest BCUT2D eigenvalue weighted by atomic mass is 9.62. The molecule has 1 aliphatic carbocycles. The van der Waals surface area contributed by atoms with Crippen molar-refractivity contribution >= 4 is 0 Å². The molecule has 0 amide bonds. The van der Waals surface area contributed by atoms with E-state index in [1.165, 1.54) is 25.7 Å². The molecule has 0 aromatic rings. The zero-order valence-corrected chi connectivity index (χ0v) is 9.51. The van der Waals surface area contributed by atoms with Crippen LogP contribution in [0.1, 0.15) is 39.5 Å². The summed E-state index contributed by atoms with van der Waals surface area (Å²) in [6, 6.07) is 0. The molecule has 0 aromatic carbocycles. The maximum absolute atomic E-state index is 5.78. The highest BCUT2D eigenvalue weighted by atomic mass is 16.5. The van der Waals surface area contributed by atoms with Gasteiger partial charge in [-0.3, -0.25) is 0 Å². The van der Waals surface area contributed by atoms with Crippen molar-refractivity contribution in [2.75, 3.05) is 19.7 Å². The first-order chi connectivity index (χ1) is 6.79. The summed E-state index contributed by atoms with van der Waals surface area (Å²) in [6.45, 7) is 7.68. The second kappa shape index (κ2) is 4.19. The first kappa shape index (κ1) is 10.4. The van der Waals surface area contributed by atoms with Crippen molar-refractivity contribution in [1.29, 1.82) is 0 Å². The average molecular weight is 197 g/mol. The Kier molecular flexibility index (Phi) is 3.13. The minimum absolute atomic E-state index is 0.465. The monoisotopic (exact) mass is 197 g/mol. The van der Waals surface area contributed by atoms with Crippen LogP contribution in [0.25, 0.3) is 0 Å². The molecule has 2 rings (SSSR count).